The number of fused-ring (bicyclic) bond motifs is 1. The summed E-state index contributed by atoms with van der Waals surface area (Å²) in [5, 5.41) is 11.9. The minimum atomic E-state index is 0.0239. The molecule has 0 bridgehead atoms. The molecule has 5 aromatic rings. The van der Waals surface area contributed by atoms with Crippen molar-refractivity contribution in [2.24, 2.45) is 0 Å². The minimum absolute atomic E-state index is 0.0239. The van der Waals surface area contributed by atoms with E-state index in [1.54, 1.807) is 12.1 Å². The predicted molar refractivity (Wildman–Crippen MR) is 128 cm³/mol. The van der Waals surface area contributed by atoms with Gasteiger partial charge in [0.2, 0.25) is 11.9 Å². The molecule has 5 rings (SSSR count). The van der Waals surface area contributed by atoms with Gasteiger partial charge in [0.15, 0.2) is 5.78 Å². The number of aromatic nitrogens is 5. The fourth-order valence-corrected chi connectivity index (χ4v) is 3.51. The highest BCUT2D eigenvalue weighted by Gasteiger charge is 2.07. The van der Waals surface area contributed by atoms with Gasteiger partial charge < -0.3 is 10.6 Å². The summed E-state index contributed by atoms with van der Waals surface area (Å²) in [6, 6.07) is 23.4. The van der Waals surface area contributed by atoms with E-state index in [0.717, 1.165) is 22.3 Å². The average Bonchev–Trinajstić information content (AvgIpc) is 3.22. The molecule has 0 fully saturated rings. The van der Waals surface area contributed by atoms with Crippen molar-refractivity contribution in [3.63, 3.8) is 0 Å². The van der Waals surface area contributed by atoms with E-state index in [2.05, 4.69) is 42.8 Å². The summed E-state index contributed by atoms with van der Waals surface area (Å²) in [7, 11) is 0. The topological polar surface area (TPSA) is 97.6 Å². The van der Waals surface area contributed by atoms with Crippen molar-refractivity contribution in [3.8, 4) is 0 Å². The maximum absolute atomic E-state index is 11.4. The van der Waals surface area contributed by atoms with Gasteiger partial charge in [-0.2, -0.15) is 10.1 Å². The zero-order valence-corrected chi connectivity index (χ0v) is 17.9. The number of carbonyl (C=O) groups excluding carboxylic acids is 1. The first-order valence-corrected chi connectivity index (χ1v) is 10.5. The molecule has 0 spiro atoms. The standard InChI is InChI=1S/C25H21N7O/c1-17(33)19-7-9-21(10-8-19)29-24-26-16-27-25(31-24)30-22-11-12-23-20(13-22)14-28-32(23)15-18-5-3-2-4-6-18/h2-14,16H,15H2,1H3,(H2,26,27,29,30,31). The average molecular weight is 435 g/mol. The van der Waals surface area contributed by atoms with Crippen LogP contribution in [0, 0.1) is 0 Å². The molecular weight excluding hydrogens is 414 g/mol. The molecule has 0 saturated heterocycles. The van der Waals surface area contributed by atoms with Crippen LogP contribution in [0.2, 0.25) is 0 Å². The van der Waals surface area contributed by atoms with Gasteiger partial charge in [0.05, 0.1) is 18.3 Å². The van der Waals surface area contributed by atoms with Gasteiger partial charge in [-0.15, -0.1) is 0 Å². The maximum Gasteiger partial charge on any atom is 0.232 e. The van der Waals surface area contributed by atoms with Gasteiger partial charge in [0.1, 0.15) is 6.33 Å². The molecule has 0 radical (unpaired) electrons. The van der Waals surface area contributed by atoms with Crippen LogP contribution in [0.1, 0.15) is 22.8 Å². The molecule has 0 aliphatic carbocycles. The fourth-order valence-electron chi connectivity index (χ4n) is 3.51. The third kappa shape index (κ3) is 4.69. The molecule has 0 aliphatic heterocycles. The normalized spacial score (nSPS) is 10.8. The van der Waals surface area contributed by atoms with Crippen LogP contribution in [0.3, 0.4) is 0 Å². The number of nitrogens with one attached hydrogen (secondary N) is 2. The first-order chi connectivity index (χ1) is 16.1. The summed E-state index contributed by atoms with van der Waals surface area (Å²) in [5.74, 6) is 0.847. The van der Waals surface area contributed by atoms with E-state index in [4.69, 9.17) is 0 Å². The van der Waals surface area contributed by atoms with Crippen LogP contribution in [-0.2, 0) is 6.54 Å². The van der Waals surface area contributed by atoms with E-state index in [1.807, 2.05) is 59.4 Å². The Kier molecular flexibility index (Phi) is 5.47. The van der Waals surface area contributed by atoms with E-state index in [0.29, 0.717) is 24.0 Å². The second-order valence-electron chi connectivity index (χ2n) is 7.58. The van der Waals surface area contributed by atoms with Crippen LogP contribution < -0.4 is 10.6 Å². The lowest BCUT2D eigenvalue weighted by Crippen LogP contribution is -2.03. The van der Waals surface area contributed by atoms with Gasteiger partial charge in [-0.25, -0.2) is 9.97 Å². The number of hydrogen-bond donors (Lipinski definition) is 2. The number of Topliss-reactive ketones (excluding diaryl/α,β-unsaturated/α-hetero) is 1. The largest absolute Gasteiger partial charge is 0.324 e. The third-order valence-corrected chi connectivity index (χ3v) is 5.19. The molecule has 33 heavy (non-hydrogen) atoms. The van der Waals surface area contributed by atoms with Crippen molar-refractivity contribution in [1.82, 2.24) is 24.7 Å². The second kappa shape index (κ2) is 8.88. The maximum atomic E-state index is 11.4. The highest BCUT2D eigenvalue weighted by Crippen LogP contribution is 2.22. The smallest absolute Gasteiger partial charge is 0.232 e. The SMILES string of the molecule is CC(=O)c1ccc(Nc2ncnc(Nc3ccc4c(cnn4Cc4ccccc4)c3)n2)cc1. The highest BCUT2D eigenvalue weighted by molar-refractivity contribution is 5.94. The number of ketones is 1. The van der Waals surface area contributed by atoms with Crippen LogP contribution in [0.25, 0.3) is 10.9 Å². The number of rotatable bonds is 7. The third-order valence-electron chi connectivity index (χ3n) is 5.19. The molecule has 2 aromatic heterocycles. The molecule has 3 aromatic carbocycles. The second-order valence-corrected chi connectivity index (χ2v) is 7.58. The molecule has 0 unspecified atom stereocenters. The Morgan fingerprint density at radius 3 is 2.30 bits per heavy atom. The van der Waals surface area contributed by atoms with Crippen molar-refractivity contribution in [1.29, 1.82) is 0 Å². The molecular formula is C25H21N7O. The Morgan fingerprint density at radius 2 is 1.58 bits per heavy atom. The molecule has 2 N–H and O–H groups in total. The minimum Gasteiger partial charge on any atom is -0.324 e. The zero-order chi connectivity index (χ0) is 22.6. The molecule has 8 heteroatoms. The van der Waals surface area contributed by atoms with Gasteiger partial charge in [-0.05, 0) is 55.0 Å². The fraction of sp³-hybridized carbons (Fsp3) is 0.0800. The first kappa shape index (κ1) is 20.3. The Labute approximate surface area is 190 Å². The number of nitrogens with zero attached hydrogens (tertiary/aromatic N) is 5. The molecule has 0 atom stereocenters. The first-order valence-electron chi connectivity index (χ1n) is 10.5. The molecule has 0 aliphatic rings. The van der Waals surface area contributed by atoms with Crippen molar-refractivity contribution < 1.29 is 4.79 Å². The van der Waals surface area contributed by atoms with Crippen LogP contribution in [0.15, 0.2) is 85.3 Å². The predicted octanol–water partition coefficient (Wildman–Crippen LogP) is 4.96. The van der Waals surface area contributed by atoms with Gasteiger partial charge >= 0.3 is 0 Å². The monoisotopic (exact) mass is 435 g/mol. The van der Waals surface area contributed by atoms with Gasteiger partial charge in [-0.1, -0.05) is 30.3 Å². The molecule has 2 heterocycles. The van der Waals surface area contributed by atoms with Gasteiger partial charge in [0, 0.05) is 22.3 Å². The summed E-state index contributed by atoms with van der Waals surface area (Å²) in [6.07, 6.45) is 3.30. The van der Waals surface area contributed by atoms with Crippen LogP contribution in [0.4, 0.5) is 23.3 Å². The summed E-state index contributed by atoms with van der Waals surface area (Å²) in [5.41, 5.74) is 4.54. The van der Waals surface area contributed by atoms with Gasteiger partial charge in [-0.3, -0.25) is 9.48 Å². The lowest BCUT2D eigenvalue weighted by atomic mass is 10.1. The number of anilines is 4. The molecule has 0 amide bonds. The Hall–Kier alpha value is -4.59. The summed E-state index contributed by atoms with van der Waals surface area (Å²) < 4.78 is 1.98. The zero-order valence-electron chi connectivity index (χ0n) is 17.9. The van der Waals surface area contributed by atoms with Crippen LogP contribution >= 0.6 is 0 Å². The summed E-state index contributed by atoms with van der Waals surface area (Å²) in [6.45, 7) is 2.25. The number of carbonyl (C=O) groups is 1. The van der Waals surface area contributed by atoms with Gasteiger partial charge in [0.25, 0.3) is 0 Å². The van der Waals surface area contributed by atoms with Crippen LogP contribution in [-0.4, -0.2) is 30.5 Å². The van der Waals surface area contributed by atoms with E-state index in [1.165, 1.54) is 18.8 Å². The quantitative estimate of drug-likeness (QED) is 0.349. The molecule has 8 nitrogen and oxygen atoms in total. The van der Waals surface area contributed by atoms with Crippen molar-refractivity contribution >= 4 is 40.0 Å². The number of hydrogen-bond acceptors (Lipinski definition) is 7. The molecule has 162 valence electrons. The van der Waals surface area contributed by atoms with Crippen molar-refractivity contribution in [2.45, 2.75) is 13.5 Å². The highest BCUT2D eigenvalue weighted by atomic mass is 16.1. The Bertz CT molecular complexity index is 1410. The Balaban J connectivity index is 1.31. The van der Waals surface area contributed by atoms with E-state index in [9.17, 15) is 4.79 Å². The van der Waals surface area contributed by atoms with Crippen molar-refractivity contribution in [3.05, 3.63) is 96.4 Å². The molecule has 0 saturated carbocycles. The number of benzene rings is 3. The summed E-state index contributed by atoms with van der Waals surface area (Å²) >= 11 is 0. The summed E-state index contributed by atoms with van der Waals surface area (Å²) in [4.78, 5) is 24.3. The van der Waals surface area contributed by atoms with Crippen molar-refractivity contribution in [2.75, 3.05) is 10.6 Å². The van der Waals surface area contributed by atoms with E-state index < -0.39 is 0 Å². The van der Waals surface area contributed by atoms with E-state index in [-0.39, 0.29) is 5.78 Å². The lowest BCUT2D eigenvalue weighted by Gasteiger charge is -2.08. The van der Waals surface area contributed by atoms with Crippen LogP contribution in [0.5, 0.6) is 0 Å². The lowest BCUT2D eigenvalue weighted by molar-refractivity contribution is 0.101. The van der Waals surface area contributed by atoms with E-state index >= 15 is 0 Å². The Morgan fingerprint density at radius 1 is 0.879 bits per heavy atom.